The Labute approximate surface area is 115 Å². The number of halogens is 2. The maximum Gasteiger partial charge on any atom is 0.282 e. The summed E-state index contributed by atoms with van der Waals surface area (Å²) in [6.07, 6.45) is 0. The monoisotopic (exact) mass is 279 g/mol. The molecule has 0 heterocycles. The highest BCUT2D eigenvalue weighted by atomic mass is 32.2. The van der Waals surface area contributed by atoms with Gasteiger partial charge in [-0.3, -0.25) is 0 Å². The molecule has 2 N–H and O–H groups in total. The summed E-state index contributed by atoms with van der Waals surface area (Å²) < 4.78 is 27.9. The molecule has 4 heteroatoms. The Morgan fingerprint density at radius 3 is 2.16 bits per heavy atom. The van der Waals surface area contributed by atoms with Gasteiger partial charge in [-0.15, -0.1) is 11.8 Å². The normalized spacial score (nSPS) is 11.5. The summed E-state index contributed by atoms with van der Waals surface area (Å²) in [6.45, 7) is 0.463. The smallest absolute Gasteiger partial charge is 0.282 e. The fourth-order valence-electron chi connectivity index (χ4n) is 1.66. The number of benzene rings is 2. The van der Waals surface area contributed by atoms with Crippen LogP contribution in [0.15, 0.2) is 59.5 Å². The molecule has 2 aromatic carbocycles. The Hall–Kier alpha value is -1.39. The van der Waals surface area contributed by atoms with Crippen molar-refractivity contribution in [3.63, 3.8) is 0 Å². The van der Waals surface area contributed by atoms with Crippen molar-refractivity contribution in [2.24, 2.45) is 5.73 Å². The van der Waals surface area contributed by atoms with E-state index in [2.05, 4.69) is 0 Å². The number of nitrogens with two attached hydrogens (primary N) is 1. The van der Waals surface area contributed by atoms with Gasteiger partial charge in [0.25, 0.3) is 5.92 Å². The van der Waals surface area contributed by atoms with Gasteiger partial charge in [-0.05, 0) is 17.7 Å². The van der Waals surface area contributed by atoms with E-state index in [-0.39, 0.29) is 11.3 Å². The van der Waals surface area contributed by atoms with Crippen molar-refractivity contribution in [3.05, 3.63) is 65.7 Å². The largest absolute Gasteiger partial charge is 0.326 e. The molecule has 0 aromatic heterocycles. The minimum Gasteiger partial charge on any atom is -0.326 e. The molecular weight excluding hydrogens is 264 g/mol. The fraction of sp³-hybridized carbons (Fsp3) is 0.200. The molecule has 2 rings (SSSR count). The lowest BCUT2D eigenvalue weighted by Crippen LogP contribution is -2.16. The summed E-state index contributed by atoms with van der Waals surface area (Å²) >= 11 is 1.15. The second kappa shape index (κ2) is 6.17. The van der Waals surface area contributed by atoms with Crippen LogP contribution in [0.25, 0.3) is 0 Å². The first kappa shape index (κ1) is 14.0. The van der Waals surface area contributed by atoms with E-state index < -0.39 is 5.92 Å². The van der Waals surface area contributed by atoms with E-state index >= 15 is 0 Å². The Bertz CT molecular complexity index is 511. The predicted octanol–water partition coefficient (Wildman–Crippen LogP) is 4.03. The van der Waals surface area contributed by atoms with Crippen molar-refractivity contribution in [1.29, 1.82) is 0 Å². The van der Waals surface area contributed by atoms with Gasteiger partial charge < -0.3 is 5.73 Å². The molecule has 0 saturated heterocycles. The molecule has 0 atom stereocenters. The molecule has 2 aromatic rings. The van der Waals surface area contributed by atoms with Gasteiger partial charge in [0.05, 0.1) is 5.75 Å². The number of alkyl halides is 2. The second-order valence-electron chi connectivity index (χ2n) is 4.21. The topological polar surface area (TPSA) is 26.0 Å². The lowest BCUT2D eigenvalue weighted by atomic mass is 10.1. The van der Waals surface area contributed by atoms with E-state index in [1.165, 1.54) is 12.1 Å². The minimum atomic E-state index is -2.82. The molecule has 0 aliphatic heterocycles. The highest BCUT2D eigenvalue weighted by Crippen LogP contribution is 2.34. The predicted molar refractivity (Wildman–Crippen MR) is 75.4 cm³/mol. The molecule has 0 saturated carbocycles. The van der Waals surface area contributed by atoms with Crippen molar-refractivity contribution in [2.75, 3.05) is 5.75 Å². The molecule has 1 nitrogen and oxygen atoms in total. The molecule has 0 aliphatic rings. The van der Waals surface area contributed by atoms with Crippen LogP contribution >= 0.6 is 11.8 Å². The van der Waals surface area contributed by atoms with Crippen LogP contribution in [0.2, 0.25) is 0 Å². The van der Waals surface area contributed by atoms with Gasteiger partial charge in [-0.1, -0.05) is 42.5 Å². The van der Waals surface area contributed by atoms with E-state index in [9.17, 15) is 8.78 Å². The van der Waals surface area contributed by atoms with Crippen LogP contribution in [-0.2, 0) is 12.5 Å². The average Bonchev–Trinajstić information content (AvgIpc) is 2.47. The average molecular weight is 279 g/mol. The van der Waals surface area contributed by atoms with E-state index in [1.807, 2.05) is 24.3 Å². The van der Waals surface area contributed by atoms with Crippen molar-refractivity contribution >= 4 is 11.8 Å². The summed E-state index contributed by atoms with van der Waals surface area (Å²) in [5.74, 6) is -3.09. The molecule has 0 radical (unpaired) electrons. The third-order valence-electron chi connectivity index (χ3n) is 2.78. The maximum absolute atomic E-state index is 13.9. The lowest BCUT2D eigenvalue weighted by molar-refractivity contribution is 0.0232. The second-order valence-corrected chi connectivity index (χ2v) is 5.26. The molecule has 0 fully saturated rings. The fourth-order valence-corrected chi connectivity index (χ4v) is 2.50. The molecule has 19 heavy (non-hydrogen) atoms. The van der Waals surface area contributed by atoms with E-state index in [0.717, 1.165) is 22.2 Å². The molecule has 0 spiro atoms. The number of thioether (sulfide) groups is 1. The summed E-state index contributed by atoms with van der Waals surface area (Å²) in [5.41, 5.74) is 6.55. The first-order chi connectivity index (χ1) is 9.12. The molecule has 0 aliphatic carbocycles. The van der Waals surface area contributed by atoms with Gasteiger partial charge >= 0.3 is 0 Å². The zero-order valence-corrected chi connectivity index (χ0v) is 11.2. The maximum atomic E-state index is 13.9. The van der Waals surface area contributed by atoms with Crippen LogP contribution in [0.1, 0.15) is 11.1 Å². The summed E-state index contributed by atoms with van der Waals surface area (Å²) in [4.78, 5) is 0.827. The van der Waals surface area contributed by atoms with E-state index in [4.69, 9.17) is 5.73 Å². The van der Waals surface area contributed by atoms with Crippen molar-refractivity contribution in [3.8, 4) is 0 Å². The Morgan fingerprint density at radius 2 is 1.58 bits per heavy atom. The van der Waals surface area contributed by atoms with Crippen molar-refractivity contribution in [2.45, 2.75) is 17.4 Å². The Balaban J connectivity index is 2.01. The van der Waals surface area contributed by atoms with Gasteiger partial charge in [-0.25, -0.2) is 8.78 Å². The van der Waals surface area contributed by atoms with Crippen molar-refractivity contribution in [1.82, 2.24) is 0 Å². The summed E-state index contributed by atoms with van der Waals surface area (Å²) in [7, 11) is 0. The van der Waals surface area contributed by atoms with Crippen LogP contribution in [-0.4, -0.2) is 5.75 Å². The summed E-state index contributed by atoms with van der Waals surface area (Å²) in [5, 5.41) is 0. The first-order valence-corrected chi connectivity index (χ1v) is 6.95. The zero-order valence-electron chi connectivity index (χ0n) is 10.4. The van der Waals surface area contributed by atoms with Crippen molar-refractivity contribution < 1.29 is 8.78 Å². The SMILES string of the molecule is NCc1ccc(SCC(F)(F)c2ccccc2)cc1. The highest BCUT2D eigenvalue weighted by Gasteiger charge is 2.31. The van der Waals surface area contributed by atoms with Gasteiger partial charge in [0.2, 0.25) is 0 Å². The van der Waals surface area contributed by atoms with Gasteiger partial charge in [-0.2, -0.15) is 0 Å². The van der Waals surface area contributed by atoms with Crippen LogP contribution < -0.4 is 5.73 Å². The van der Waals surface area contributed by atoms with Crippen LogP contribution in [0, 0.1) is 0 Å². The van der Waals surface area contributed by atoms with Gasteiger partial charge in [0.1, 0.15) is 0 Å². The molecule has 0 amide bonds. The Morgan fingerprint density at radius 1 is 0.947 bits per heavy atom. The van der Waals surface area contributed by atoms with Gasteiger partial charge in [0.15, 0.2) is 0 Å². The van der Waals surface area contributed by atoms with Crippen LogP contribution in [0.5, 0.6) is 0 Å². The molecule has 0 bridgehead atoms. The van der Waals surface area contributed by atoms with E-state index in [0.29, 0.717) is 6.54 Å². The third kappa shape index (κ3) is 3.78. The van der Waals surface area contributed by atoms with Crippen LogP contribution in [0.3, 0.4) is 0 Å². The third-order valence-corrected chi connectivity index (χ3v) is 3.89. The van der Waals surface area contributed by atoms with E-state index in [1.54, 1.807) is 18.2 Å². The van der Waals surface area contributed by atoms with Gasteiger partial charge in [0, 0.05) is 17.0 Å². The minimum absolute atomic E-state index is 0.0566. The molecule has 100 valence electrons. The standard InChI is InChI=1S/C15H15F2NS/c16-15(17,13-4-2-1-3-5-13)11-19-14-8-6-12(10-18)7-9-14/h1-9H,10-11,18H2. The quantitative estimate of drug-likeness (QED) is 0.836. The first-order valence-electron chi connectivity index (χ1n) is 5.97. The molecular formula is C15H15F2NS. The number of rotatable bonds is 5. The Kier molecular flexibility index (Phi) is 4.56. The number of hydrogen-bond donors (Lipinski definition) is 1. The molecule has 0 unspecified atom stereocenters. The highest BCUT2D eigenvalue weighted by molar-refractivity contribution is 7.99. The zero-order chi connectivity index (χ0) is 13.7. The summed E-state index contributed by atoms with van der Waals surface area (Å²) in [6, 6.07) is 15.3. The lowest BCUT2D eigenvalue weighted by Gasteiger charge is -2.16. The number of hydrogen-bond acceptors (Lipinski definition) is 2. The van der Waals surface area contributed by atoms with Crippen LogP contribution in [0.4, 0.5) is 8.78 Å².